The number of hydrogen-bond donors (Lipinski definition) is 0. The molecule has 0 aromatic rings. The first-order valence-electron chi connectivity index (χ1n) is 5.45. The molecule has 0 aromatic carbocycles. The fourth-order valence-electron chi connectivity index (χ4n) is 3.02. The molecule has 2 heterocycles. The number of amides is 1. The summed E-state index contributed by atoms with van der Waals surface area (Å²) in [5.41, 5.74) is -0.475. The Bertz CT molecular complexity index is 357. The van der Waals surface area contributed by atoms with Crippen LogP contribution in [0, 0.1) is 11.8 Å². The first kappa shape index (κ1) is 9.19. The second-order valence-electron chi connectivity index (χ2n) is 5.72. The Morgan fingerprint density at radius 1 is 1.47 bits per heavy atom. The van der Waals surface area contributed by atoms with E-state index in [2.05, 4.69) is 0 Å². The van der Waals surface area contributed by atoms with Gasteiger partial charge < -0.3 is 4.74 Å². The molecule has 2 aliphatic heterocycles. The highest BCUT2D eigenvalue weighted by molar-refractivity contribution is 6.00. The summed E-state index contributed by atoms with van der Waals surface area (Å²) in [5, 5.41) is 0. The van der Waals surface area contributed by atoms with Gasteiger partial charge in [-0.3, -0.25) is 9.69 Å². The predicted molar refractivity (Wildman–Crippen MR) is 52.3 cm³/mol. The standard InChI is InChI=1S/C11H15NO3/c1-11(2,3)15-10(14)12-6-4-5-7(8(5)12)9(6)13/h5-8H,4H2,1-3H3/t5-,6+,7+,8+/m0/s1. The molecule has 0 aromatic heterocycles. The van der Waals surface area contributed by atoms with Crippen LogP contribution in [-0.2, 0) is 9.53 Å². The zero-order valence-electron chi connectivity index (χ0n) is 9.19. The van der Waals surface area contributed by atoms with Gasteiger partial charge in [-0.2, -0.15) is 0 Å². The van der Waals surface area contributed by atoms with Gasteiger partial charge in [0, 0.05) is 12.0 Å². The van der Waals surface area contributed by atoms with Gasteiger partial charge >= 0.3 is 6.09 Å². The minimum atomic E-state index is -0.475. The van der Waals surface area contributed by atoms with Crippen molar-refractivity contribution in [1.82, 2.24) is 4.90 Å². The van der Waals surface area contributed by atoms with E-state index in [0.717, 1.165) is 6.42 Å². The molecule has 1 amide bonds. The lowest BCUT2D eigenvalue weighted by atomic mass is 10.2. The Balaban J connectivity index is 1.76. The van der Waals surface area contributed by atoms with Gasteiger partial charge in [-0.25, -0.2) is 4.79 Å². The molecule has 4 bridgehead atoms. The smallest absolute Gasteiger partial charge is 0.411 e. The Morgan fingerprint density at radius 2 is 2.13 bits per heavy atom. The largest absolute Gasteiger partial charge is 0.444 e. The summed E-state index contributed by atoms with van der Waals surface area (Å²) < 4.78 is 5.30. The third-order valence-electron chi connectivity index (χ3n) is 3.54. The number of Topliss-reactive ketones (excluding diaryl/α,β-unsaturated/α-hetero) is 1. The van der Waals surface area contributed by atoms with Crippen LogP contribution in [0.3, 0.4) is 0 Å². The quantitative estimate of drug-likeness (QED) is 0.602. The van der Waals surface area contributed by atoms with Crippen molar-refractivity contribution in [3.63, 3.8) is 0 Å². The molecular weight excluding hydrogens is 194 g/mol. The van der Waals surface area contributed by atoms with E-state index in [0.29, 0.717) is 5.92 Å². The second-order valence-corrected chi connectivity index (χ2v) is 5.72. The average molecular weight is 209 g/mol. The third kappa shape index (κ3) is 1.08. The Hall–Kier alpha value is -1.06. The van der Waals surface area contributed by atoms with Crippen LogP contribution in [0.25, 0.3) is 0 Å². The first-order chi connectivity index (χ1) is 6.90. The molecule has 4 atom stereocenters. The van der Waals surface area contributed by atoms with E-state index in [1.54, 1.807) is 4.90 Å². The zero-order chi connectivity index (χ0) is 11.0. The van der Waals surface area contributed by atoms with Crippen molar-refractivity contribution < 1.29 is 14.3 Å². The van der Waals surface area contributed by atoms with Gasteiger partial charge in [0.05, 0.1) is 6.04 Å². The molecule has 4 heteroatoms. The van der Waals surface area contributed by atoms with Gasteiger partial charge in [-0.15, -0.1) is 0 Å². The Labute approximate surface area is 88.6 Å². The van der Waals surface area contributed by atoms with Crippen molar-refractivity contribution in [2.45, 2.75) is 44.9 Å². The third-order valence-corrected chi connectivity index (χ3v) is 3.54. The average Bonchev–Trinajstić information content (AvgIpc) is 2.41. The van der Waals surface area contributed by atoms with E-state index in [9.17, 15) is 9.59 Å². The van der Waals surface area contributed by atoms with E-state index in [1.165, 1.54) is 0 Å². The van der Waals surface area contributed by atoms with Gasteiger partial charge in [0.2, 0.25) is 0 Å². The Morgan fingerprint density at radius 3 is 2.47 bits per heavy atom. The number of nitrogens with zero attached hydrogens (tertiary/aromatic N) is 1. The predicted octanol–water partition coefficient (Wildman–Crippen LogP) is 1.19. The molecule has 4 aliphatic rings. The molecule has 0 N–H and O–H groups in total. The maximum absolute atomic E-state index is 11.8. The number of rotatable bonds is 0. The van der Waals surface area contributed by atoms with Crippen LogP contribution in [0.5, 0.6) is 0 Å². The summed E-state index contributed by atoms with van der Waals surface area (Å²) in [6, 6.07) is 0.0113. The van der Waals surface area contributed by atoms with E-state index >= 15 is 0 Å². The second kappa shape index (κ2) is 2.36. The minimum absolute atomic E-state index is 0.155. The SMILES string of the molecule is CC(C)(C)OC(=O)N1[C@@H]2[C@H]3C[C@@H]1C(=O)[C@H]32. The lowest BCUT2D eigenvalue weighted by Gasteiger charge is -2.26. The summed E-state index contributed by atoms with van der Waals surface area (Å²) in [6.45, 7) is 5.53. The zero-order valence-corrected chi connectivity index (χ0v) is 9.19. The summed E-state index contributed by atoms with van der Waals surface area (Å²) in [6.07, 6.45) is 0.557. The monoisotopic (exact) mass is 209 g/mol. The van der Waals surface area contributed by atoms with Gasteiger partial charge in [0.1, 0.15) is 5.60 Å². The van der Waals surface area contributed by atoms with Crippen molar-refractivity contribution >= 4 is 11.9 Å². The van der Waals surface area contributed by atoms with Crippen molar-refractivity contribution in [3.8, 4) is 0 Å². The summed E-state index contributed by atoms with van der Waals surface area (Å²) in [4.78, 5) is 25.1. The molecule has 0 radical (unpaired) electrons. The molecular formula is C11H15NO3. The van der Waals surface area contributed by atoms with Crippen LogP contribution in [0.2, 0.25) is 0 Å². The number of ketones is 1. The van der Waals surface area contributed by atoms with Crippen LogP contribution < -0.4 is 0 Å². The molecule has 2 saturated heterocycles. The van der Waals surface area contributed by atoms with Crippen molar-refractivity contribution in [2.24, 2.45) is 11.8 Å². The highest BCUT2D eigenvalue weighted by Gasteiger charge is 2.75. The molecule has 0 unspecified atom stereocenters. The van der Waals surface area contributed by atoms with Crippen LogP contribution in [0.4, 0.5) is 4.79 Å². The minimum Gasteiger partial charge on any atom is -0.444 e. The van der Waals surface area contributed by atoms with E-state index < -0.39 is 5.60 Å². The highest BCUT2D eigenvalue weighted by Crippen LogP contribution is 2.62. The maximum atomic E-state index is 11.8. The molecule has 4 fully saturated rings. The van der Waals surface area contributed by atoms with Crippen LogP contribution in [0.1, 0.15) is 27.2 Å². The summed E-state index contributed by atoms with van der Waals surface area (Å²) in [5.74, 6) is 0.869. The number of hydrogen-bond acceptors (Lipinski definition) is 3. The number of carbonyl (C=O) groups excluding carboxylic acids is 2. The van der Waals surface area contributed by atoms with E-state index in [-0.39, 0.29) is 29.9 Å². The highest BCUT2D eigenvalue weighted by atomic mass is 16.6. The molecule has 0 spiro atoms. The van der Waals surface area contributed by atoms with Gasteiger partial charge in [-0.05, 0) is 33.1 Å². The maximum Gasteiger partial charge on any atom is 0.411 e. The normalized spacial score (nSPS) is 41.0. The molecule has 2 saturated carbocycles. The van der Waals surface area contributed by atoms with Gasteiger partial charge in [0.25, 0.3) is 0 Å². The van der Waals surface area contributed by atoms with Crippen molar-refractivity contribution in [2.75, 3.05) is 0 Å². The van der Waals surface area contributed by atoms with Crippen LogP contribution in [0.15, 0.2) is 0 Å². The van der Waals surface area contributed by atoms with Crippen LogP contribution in [-0.4, -0.2) is 34.5 Å². The fourth-order valence-corrected chi connectivity index (χ4v) is 3.02. The van der Waals surface area contributed by atoms with Crippen LogP contribution >= 0.6 is 0 Å². The lowest BCUT2D eigenvalue weighted by molar-refractivity contribution is -0.120. The fraction of sp³-hybridized carbons (Fsp3) is 0.818. The lowest BCUT2D eigenvalue weighted by Crippen LogP contribution is -2.40. The number of carbonyl (C=O) groups is 2. The first-order valence-corrected chi connectivity index (χ1v) is 5.45. The van der Waals surface area contributed by atoms with Gasteiger partial charge in [0.15, 0.2) is 5.78 Å². The summed E-state index contributed by atoms with van der Waals surface area (Å²) >= 11 is 0. The topological polar surface area (TPSA) is 46.6 Å². The number of piperidine rings is 2. The van der Waals surface area contributed by atoms with Crippen molar-refractivity contribution in [1.29, 1.82) is 0 Å². The molecule has 2 aliphatic carbocycles. The molecule has 15 heavy (non-hydrogen) atoms. The molecule has 82 valence electrons. The summed E-state index contributed by atoms with van der Waals surface area (Å²) in [7, 11) is 0. The van der Waals surface area contributed by atoms with E-state index in [1.807, 2.05) is 20.8 Å². The Kier molecular flexibility index (Phi) is 1.45. The molecule has 4 rings (SSSR count). The number of ether oxygens (including phenoxy) is 1. The van der Waals surface area contributed by atoms with E-state index in [4.69, 9.17) is 4.74 Å². The molecule has 4 nitrogen and oxygen atoms in total. The van der Waals surface area contributed by atoms with Gasteiger partial charge in [-0.1, -0.05) is 0 Å². The van der Waals surface area contributed by atoms with Crippen molar-refractivity contribution in [3.05, 3.63) is 0 Å².